The molecular formula is C21H18ClN3O3. The van der Waals surface area contributed by atoms with Gasteiger partial charge >= 0.3 is 5.97 Å². The van der Waals surface area contributed by atoms with E-state index in [-0.39, 0.29) is 6.61 Å². The molecule has 0 saturated heterocycles. The van der Waals surface area contributed by atoms with Crippen molar-refractivity contribution in [3.05, 3.63) is 64.3 Å². The number of nitrogens with one attached hydrogen (secondary N) is 1. The van der Waals surface area contributed by atoms with Crippen LogP contribution in [0.25, 0.3) is 10.9 Å². The average Bonchev–Trinajstić information content (AvgIpc) is 2.71. The van der Waals surface area contributed by atoms with E-state index in [4.69, 9.17) is 21.1 Å². The Labute approximate surface area is 167 Å². The van der Waals surface area contributed by atoms with Crippen LogP contribution in [0.1, 0.15) is 28.4 Å². The Morgan fingerprint density at radius 3 is 2.79 bits per heavy atom. The van der Waals surface area contributed by atoms with Crippen LogP contribution in [0.2, 0.25) is 5.02 Å². The lowest BCUT2D eigenvalue weighted by Crippen LogP contribution is -2.11. The summed E-state index contributed by atoms with van der Waals surface area (Å²) in [5.41, 5.74) is 2.92. The maximum absolute atomic E-state index is 12.4. The molecule has 7 heteroatoms. The molecule has 142 valence electrons. The highest BCUT2D eigenvalue weighted by molar-refractivity contribution is 6.32. The molecule has 0 aliphatic rings. The predicted octanol–water partition coefficient (Wildman–Crippen LogP) is 4.56. The molecule has 0 spiro atoms. The maximum atomic E-state index is 12.4. The van der Waals surface area contributed by atoms with Gasteiger partial charge in [-0.2, -0.15) is 5.26 Å². The number of aromatic nitrogens is 1. The van der Waals surface area contributed by atoms with E-state index >= 15 is 0 Å². The van der Waals surface area contributed by atoms with Gasteiger partial charge in [-0.15, -0.1) is 0 Å². The van der Waals surface area contributed by atoms with E-state index in [1.54, 1.807) is 44.4 Å². The second-order valence-corrected chi connectivity index (χ2v) is 6.34. The number of methoxy groups -OCH3 is 1. The van der Waals surface area contributed by atoms with E-state index in [0.717, 1.165) is 5.56 Å². The molecule has 0 radical (unpaired) electrons. The predicted molar refractivity (Wildman–Crippen MR) is 108 cm³/mol. The van der Waals surface area contributed by atoms with Crippen molar-refractivity contribution in [2.45, 2.75) is 13.5 Å². The minimum Gasteiger partial charge on any atom is -0.495 e. The molecule has 0 atom stereocenters. The lowest BCUT2D eigenvalue weighted by Gasteiger charge is -2.15. The number of carbonyl (C=O) groups is 1. The number of esters is 1. The summed E-state index contributed by atoms with van der Waals surface area (Å²) in [5, 5.41) is 13.7. The van der Waals surface area contributed by atoms with Crippen molar-refractivity contribution >= 4 is 34.2 Å². The van der Waals surface area contributed by atoms with Gasteiger partial charge in [0.05, 0.1) is 41.6 Å². The van der Waals surface area contributed by atoms with E-state index < -0.39 is 5.97 Å². The molecule has 0 fully saturated rings. The number of nitriles is 1. The Kier molecular flexibility index (Phi) is 5.97. The Morgan fingerprint density at radius 2 is 2.11 bits per heavy atom. The number of fused-ring (bicyclic) bond motifs is 1. The third kappa shape index (κ3) is 4.00. The highest BCUT2D eigenvalue weighted by atomic mass is 35.5. The van der Waals surface area contributed by atoms with Gasteiger partial charge < -0.3 is 14.8 Å². The number of hydrogen-bond acceptors (Lipinski definition) is 6. The zero-order chi connectivity index (χ0) is 20.1. The molecular weight excluding hydrogens is 378 g/mol. The Balaban J connectivity index is 2.03. The van der Waals surface area contributed by atoms with Crippen LogP contribution in [-0.4, -0.2) is 24.7 Å². The molecule has 3 aromatic rings. The molecule has 28 heavy (non-hydrogen) atoms. The molecule has 0 amide bonds. The van der Waals surface area contributed by atoms with Gasteiger partial charge in [0, 0.05) is 18.1 Å². The number of pyridine rings is 1. The maximum Gasteiger partial charge on any atom is 0.341 e. The van der Waals surface area contributed by atoms with E-state index in [2.05, 4.69) is 16.4 Å². The summed E-state index contributed by atoms with van der Waals surface area (Å²) in [7, 11) is 1.56. The van der Waals surface area contributed by atoms with Gasteiger partial charge in [-0.1, -0.05) is 17.7 Å². The lowest BCUT2D eigenvalue weighted by molar-refractivity contribution is 0.0527. The van der Waals surface area contributed by atoms with Crippen molar-refractivity contribution in [3.8, 4) is 11.8 Å². The smallest absolute Gasteiger partial charge is 0.341 e. The van der Waals surface area contributed by atoms with Gasteiger partial charge in [-0.25, -0.2) is 4.79 Å². The van der Waals surface area contributed by atoms with Gasteiger partial charge in [0.15, 0.2) is 0 Å². The van der Waals surface area contributed by atoms with Crippen LogP contribution in [0.3, 0.4) is 0 Å². The van der Waals surface area contributed by atoms with Crippen molar-refractivity contribution in [2.75, 3.05) is 19.0 Å². The fourth-order valence-electron chi connectivity index (χ4n) is 2.83. The minimum absolute atomic E-state index is 0.253. The second-order valence-electron chi connectivity index (χ2n) is 5.93. The summed E-state index contributed by atoms with van der Waals surface area (Å²) in [6.45, 7) is 2.40. The van der Waals surface area contributed by atoms with E-state index in [0.29, 0.717) is 45.0 Å². The van der Waals surface area contributed by atoms with Crippen LogP contribution >= 0.6 is 11.6 Å². The van der Waals surface area contributed by atoms with Gasteiger partial charge in [0.2, 0.25) is 0 Å². The molecule has 0 bridgehead atoms. The fourth-order valence-corrected chi connectivity index (χ4v) is 3.11. The third-order valence-electron chi connectivity index (χ3n) is 4.18. The Bertz CT molecular complexity index is 1080. The first-order valence-electron chi connectivity index (χ1n) is 8.63. The number of benzene rings is 2. The molecule has 0 aliphatic heterocycles. The molecule has 3 rings (SSSR count). The summed E-state index contributed by atoms with van der Waals surface area (Å²) < 4.78 is 10.3. The highest BCUT2D eigenvalue weighted by Crippen LogP contribution is 2.29. The zero-order valence-corrected chi connectivity index (χ0v) is 16.2. The van der Waals surface area contributed by atoms with Crippen molar-refractivity contribution in [2.24, 2.45) is 0 Å². The number of nitrogens with zero attached hydrogens (tertiary/aromatic N) is 2. The highest BCUT2D eigenvalue weighted by Gasteiger charge is 2.17. The third-order valence-corrected chi connectivity index (χ3v) is 4.47. The lowest BCUT2D eigenvalue weighted by atomic mass is 10.1. The number of rotatable bonds is 6. The average molecular weight is 396 g/mol. The largest absolute Gasteiger partial charge is 0.495 e. The Hall–Kier alpha value is -3.30. The van der Waals surface area contributed by atoms with Crippen molar-refractivity contribution < 1.29 is 14.3 Å². The van der Waals surface area contributed by atoms with Gasteiger partial charge in [-0.3, -0.25) is 4.98 Å². The molecule has 1 heterocycles. The molecule has 0 saturated carbocycles. The van der Waals surface area contributed by atoms with Crippen molar-refractivity contribution in [3.63, 3.8) is 0 Å². The van der Waals surface area contributed by atoms with Crippen LogP contribution < -0.4 is 10.1 Å². The van der Waals surface area contributed by atoms with Crippen LogP contribution in [0.15, 0.2) is 42.6 Å². The molecule has 2 aromatic carbocycles. The first-order chi connectivity index (χ1) is 13.6. The molecule has 0 unspecified atom stereocenters. The van der Waals surface area contributed by atoms with Crippen LogP contribution in [0, 0.1) is 11.3 Å². The van der Waals surface area contributed by atoms with Gasteiger partial charge in [0.25, 0.3) is 0 Å². The SMILES string of the molecule is CCOC(=O)c1cnc2ccc(C#N)cc2c1NCc1ccc(OC)c(Cl)c1. The summed E-state index contributed by atoms with van der Waals surface area (Å²) in [5.74, 6) is 0.111. The molecule has 1 aromatic heterocycles. The van der Waals surface area contributed by atoms with Gasteiger partial charge in [-0.05, 0) is 42.8 Å². The number of anilines is 1. The number of hydrogen-bond donors (Lipinski definition) is 1. The van der Waals surface area contributed by atoms with Crippen molar-refractivity contribution in [1.82, 2.24) is 4.98 Å². The minimum atomic E-state index is -0.477. The Morgan fingerprint density at radius 1 is 1.29 bits per heavy atom. The summed E-state index contributed by atoms with van der Waals surface area (Å²) >= 11 is 6.20. The summed E-state index contributed by atoms with van der Waals surface area (Å²) in [4.78, 5) is 16.7. The second kappa shape index (κ2) is 8.59. The van der Waals surface area contributed by atoms with E-state index in [9.17, 15) is 10.1 Å². The zero-order valence-electron chi connectivity index (χ0n) is 15.5. The molecule has 1 N–H and O–H groups in total. The number of halogens is 1. The fraction of sp³-hybridized carbons (Fsp3) is 0.190. The molecule has 6 nitrogen and oxygen atoms in total. The normalized spacial score (nSPS) is 10.4. The standard InChI is InChI=1S/C21H18ClN3O3/c1-3-28-21(26)16-12-24-18-6-4-13(10-23)8-15(18)20(16)25-11-14-5-7-19(27-2)17(22)9-14/h4-9,12H,3,11H2,1-2H3,(H,24,25). The molecule has 0 aliphatic carbocycles. The monoisotopic (exact) mass is 395 g/mol. The summed E-state index contributed by atoms with van der Waals surface area (Å²) in [6.07, 6.45) is 1.48. The van der Waals surface area contributed by atoms with Gasteiger partial charge in [0.1, 0.15) is 11.3 Å². The topological polar surface area (TPSA) is 84.2 Å². The number of carbonyl (C=O) groups excluding carboxylic acids is 1. The van der Waals surface area contributed by atoms with E-state index in [1.807, 2.05) is 6.07 Å². The van der Waals surface area contributed by atoms with E-state index in [1.165, 1.54) is 6.20 Å². The van der Waals surface area contributed by atoms with Crippen molar-refractivity contribution in [1.29, 1.82) is 5.26 Å². The number of ether oxygens (including phenoxy) is 2. The summed E-state index contributed by atoms with van der Waals surface area (Å²) in [6, 6.07) is 12.7. The van der Waals surface area contributed by atoms with Crippen LogP contribution in [-0.2, 0) is 11.3 Å². The first-order valence-corrected chi connectivity index (χ1v) is 9.01. The van der Waals surface area contributed by atoms with Crippen LogP contribution in [0.4, 0.5) is 5.69 Å². The quantitative estimate of drug-likeness (QED) is 0.616. The van der Waals surface area contributed by atoms with Crippen LogP contribution in [0.5, 0.6) is 5.75 Å². The first kappa shape index (κ1) is 19.5.